The number of hydrogen-bond donors (Lipinski definition) is 0. The van der Waals surface area contributed by atoms with Crippen LogP contribution in [-0.4, -0.2) is 44.4 Å². The second-order valence-electron chi connectivity index (χ2n) is 4.38. The maximum Gasteiger partial charge on any atom is 0.0987 e. The summed E-state index contributed by atoms with van der Waals surface area (Å²) in [6.45, 7) is 6.35. The monoisotopic (exact) mass is 295 g/mol. The molecule has 0 aliphatic carbocycles. The van der Waals surface area contributed by atoms with Crippen LogP contribution < -0.4 is 0 Å². The predicted molar refractivity (Wildman–Crippen MR) is 71.9 cm³/mol. The first-order chi connectivity index (χ1) is 7.65. The molecule has 0 saturated carbocycles. The minimum Gasteiger partial charge on any atom is -0.381 e. The van der Waals surface area contributed by atoms with Crippen LogP contribution in [0.2, 0.25) is 0 Å². The topological polar surface area (TPSA) is 21.7 Å². The SMILES string of the molecule is CCCCN(C)C(C)CC(CCOBr)OC. The lowest BCUT2D eigenvalue weighted by molar-refractivity contribution is 0.0556. The van der Waals surface area contributed by atoms with Crippen molar-refractivity contribution in [2.45, 2.75) is 51.7 Å². The van der Waals surface area contributed by atoms with Gasteiger partial charge in [-0.15, -0.1) is 0 Å². The Morgan fingerprint density at radius 2 is 2.06 bits per heavy atom. The van der Waals surface area contributed by atoms with Gasteiger partial charge in [-0.2, -0.15) is 0 Å². The number of rotatable bonds is 10. The molecule has 16 heavy (non-hydrogen) atoms. The Hall–Kier alpha value is 0.360. The molecule has 4 heteroatoms. The van der Waals surface area contributed by atoms with Crippen molar-refractivity contribution in [1.29, 1.82) is 0 Å². The Labute approximate surface area is 109 Å². The van der Waals surface area contributed by atoms with Gasteiger partial charge in [0.1, 0.15) is 0 Å². The first-order valence-electron chi connectivity index (χ1n) is 6.12. The van der Waals surface area contributed by atoms with E-state index in [1.54, 1.807) is 7.11 Å². The quantitative estimate of drug-likeness (QED) is 0.618. The molecule has 0 saturated heterocycles. The smallest absolute Gasteiger partial charge is 0.0987 e. The summed E-state index contributed by atoms with van der Waals surface area (Å²) in [6, 6.07) is 0.562. The molecule has 0 aliphatic rings. The molecule has 2 unspecified atom stereocenters. The molecule has 2 atom stereocenters. The lowest BCUT2D eigenvalue weighted by atomic mass is 10.1. The number of halogens is 1. The van der Waals surface area contributed by atoms with Gasteiger partial charge in [0.05, 0.1) is 29.0 Å². The van der Waals surface area contributed by atoms with Crippen LogP contribution in [0.4, 0.5) is 0 Å². The van der Waals surface area contributed by atoms with Crippen molar-refractivity contribution in [3.8, 4) is 0 Å². The van der Waals surface area contributed by atoms with Crippen molar-refractivity contribution in [3.63, 3.8) is 0 Å². The number of nitrogens with zero attached hydrogens (tertiary/aromatic N) is 1. The van der Waals surface area contributed by atoms with Crippen molar-refractivity contribution < 1.29 is 8.57 Å². The number of ether oxygens (including phenoxy) is 1. The Balaban J connectivity index is 3.83. The lowest BCUT2D eigenvalue weighted by Gasteiger charge is -2.27. The molecule has 0 bridgehead atoms. The third-order valence-corrected chi connectivity index (χ3v) is 3.39. The summed E-state index contributed by atoms with van der Waals surface area (Å²) >= 11 is 2.97. The molecular formula is C12H26BrNO2. The van der Waals surface area contributed by atoms with E-state index in [0.717, 1.165) is 12.8 Å². The molecule has 0 aromatic rings. The zero-order valence-corrected chi connectivity index (χ0v) is 12.6. The summed E-state index contributed by atoms with van der Waals surface area (Å²) in [6.07, 6.45) is 4.81. The fourth-order valence-electron chi connectivity index (χ4n) is 1.70. The van der Waals surface area contributed by atoms with Gasteiger partial charge in [0.2, 0.25) is 0 Å². The highest BCUT2D eigenvalue weighted by atomic mass is 79.9. The second-order valence-corrected chi connectivity index (χ2v) is 4.84. The van der Waals surface area contributed by atoms with E-state index in [2.05, 4.69) is 42.1 Å². The van der Waals surface area contributed by atoms with E-state index in [-0.39, 0.29) is 6.10 Å². The summed E-state index contributed by atoms with van der Waals surface area (Å²) in [7, 11) is 3.96. The molecule has 0 aliphatic heterocycles. The zero-order chi connectivity index (χ0) is 12.4. The van der Waals surface area contributed by atoms with Gasteiger partial charge in [-0.1, -0.05) is 13.3 Å². The fraction of sp³-hybridized carbons (Fsp3) is 1.00. The summed E-state index contributed by atoms with van der Waals surface area (Å²) in [5.74, 6) is 0. The first kappa shape index (κ1) is 16.4. The van der Waals surface area contributed by atoms with Crippen molar-refractivity contribution >= 4 is 16.3 Å². The highest BCUT2D eigenvalue weighted by molar-refractivity contribution is 9.06. The molecule has 0 radical (unpaired) electrons. The van der Waals surface area contributed by atoms with Crippen molar-refractivity contribution in [3.05, 3.63) is 0 Å². The van der Waals surface area contributed by atoms with Gasteiger partial charge in [0, 0.05) is 13.2 Å². The van der Waals surface area contributed by atoms with Crippen LogP contribution in [-0.2, 0) is 8.57 Å². The number of hydrogen-bond acceptors (Lipinski definition) is 3. The summed E-state index contributed by atoms with van der Waals surface area (Å²) in [5, 5.41) is 0. The maximum absolute atomic E-state index is 5.45. The van der Waals surface area contributed by atoms with Crippen molar-refractivity contribution in [2.24, 2.45) is 0 Å². The third kappa shape index (κ3) is 7.60. The average molecular weight is 296 g/mol. The van der Waals surface area contributed by atoms with E-state index in [1.165, 1.54) is 19.4 Å². The zero-order valence-electron chi connectivity index (χ0n) is 11.0. The minimum absolute atomic E-state index is 0.289. The normalized spacial score (nSPS) is 15.4. The third-order valence-electron chi connectivity index (χ3n) is 3.07. The molecule has 3 nitrogen and oxygen atoms in total. The van der Waals surface area contributed by atoms with E-state index in [4.69, 9.17) is 8.57 Å². The van der Waals surface area contributed by atoms with Gasteiger partial charge in [-0.05, 0) is 39.8 Å². The predicted octanol–water partition coefficient (Wildman–Crippen LogP) is 3.23. The van der Waals surface area contributed by atoms with Crippen molar-refractivity contribution in [2.75, 3.05) is 27.3 Å². The summed E-state index contributed by atoms with van der Waals surface area (Å²) in [4.78, 5) is 2.41. The van der Waals surface area contributed by atoms with Crippen LogP contribution >= 0.6 is 16.3 Å². The van der Waals surface area contributed by atoms with E-state index in [0.29, 0.717) is 12.6 Å². The highest BCUT2D eigenvalue weighted by Gasteiger charge is 2.15. The fourth-order valence-corrected chi connectivity index (χ4v) is 1.88. The van der Waals surface area contributed by atoms with Gasteiger partial charge < -0.3 is 13.5 Å². The van der Waals surface area contributed by atoms with Crippen LogP contribution in [0.15, 0.2) is 0 Å². The second kappa shape index (κ2) is 10.5. The van der Waals surface area contributed by atoms with Crippen LogP contribution in [0.3, 0.4) is 0 Å². The minimum atomic E-state index is 0.289. The Morgan fingerprint density at radius 1 is 1.38 bits per heavy atom. The van der Waals surface area contributed by atoms with Gasteiger partial charge in [0.25, 0.3) is 0 Å². The van der Waals surface area contributed by atoms with Gasteiger partial charge in [-0.3, -0.25) is 0 Å². The molecule has 0 amide bonds. The van der Waals surface area contributed by atoms with Crippen LogP contribution in [0.1, 0.15) is 39.5 Å². The van der Waals surface area contributed by atoms with Crippen molar-refractivity contribution in [1.82, 2.24) is 4.90 Å². The van der Waals surface area contributed by atoms with Gasteiger partial charge in [0.15, 0.2) is 0 Å². The average Bonchev–Trinajstić information content (AvgIpc) is 2.30. The lowest BCUT2D eigenvalue weighted by Crippen LogP contribution is -2.33. The molecule has 0 aromatic heterocycles. The van der Waals surface area contributed by atoms with Crippen LogP contribution in [0.5, 0.6) is 0 Å². The molecule has 98 valence electrons. The highest BCUT2D eigenvalue weighted by Crippen LogP contribution is 2.12. The molecule has 0 fully saturated rings. The van der Waals surface area contributed by atoms with E-state index < -0.39 is 0 Å². The van der Waals surface area contributed by atoms with E-state index in [9.17, 15) is 0 Å². The largest absolute Gasteiger partial charge is 0.381 e. The van der Waals surface area contributed by atoms with E-state index in [1.807, 2.05) is 0 Å². The molecular weight excluding hydrogens is 270 g/mol. The Kier molecular flexibility index (Phi) is 10.7. The standard InChI is InChI=1S/C12H26BrNO2/c1-5-6-8-14(3)11(2)10-12(15-4)7-9-16-13/h11-12H,5-10H2,1-4H3. The first-order valence-corrected chi connectivity index (χ1v) is 6.77. The van der Waals surface area contributed by atoms with Crippen LogP contribution in [0, 0.1) is 0 Å². The molecule has 0 spiro atoms. The summed E-state index contributed by atoms with van der Waals surface area (Å²) < 4.78 is 10.4. The Bertz CT molecular complexity index is 158. The van der Waals surface area contributed by atoms with E-state index >= 15 is 0 Å². The molecule has 0 rings (SSSR count). The van der Waals surface area contributed by atoms with Crippen LogP contribution in [0.25, 0.3) is 0 Å². The van der Waals surface area contributed by atoms with Gasteiger partial charge >= 0.3 is 0 Å². The number of methoxy groups -OCH3 is 1. The molecule has 0 N–H and O–H groups in total. The van der Waals surface area contributed by atoms with Gasteiger partial charge in [-0.25, -0.2) is 0 Å². The molecule has 0 aromatic carbocycles. The Morgan fingerprint density at radius 3 is 2.56 bits per heavy atom. The summed E-state index contributed by atoms with van der Waals surface area (Å²) in [5.41, 5.74) is 0. The maximum atomic E-state index is 5.45. The number of unbranched alkanes of at least 4 members (excludes halogenated alkanes) is 1. The molecule has 0 heterocycles.